The van der Waals surface area contributed by atoms with Crippen LogP contribution in [0, 0.1) is 17.8 Å². The fraction of sp³-hybridized carbons (Fsp3) is 0.569. The van der Waals surface area contributed by atoms with E-state index in [1.54, 1.807) is 12.1 Å². The number of primary amides is 1. The summed E-state index contributed by atoms with van der Waals surface area (Å²) in [5, 5.41) is 14.0. The number of imide groups is 1. The van der Waals surface area contributed by atoms with Crippen LogP contribution in [0.4, 0.5) is 8.78 Å². The van der Waals surface area contributed by atoms with E-state index in [0.29, 0.717) is 68.2 Å². The molecular formula is C58H73F2N8O12PS. The molecule has 0 bridgehead atoms. The lowest BCUT2D eigenvalue weighted by atomic mass is 9.83. The summed E-state index contributed by atoms with van der Waals surface area (Å²) >= 11 is 0.946. The van der Waals surface area contributed by atoms with Crippen LogP contribution in [-0.2, 0) is 50.3 Å². The van der Waals surface area contributed by atoms with Gasteiger partial charge in [-0.3, -0.25) is 53.0 Å². The summed E-state index contributed by atoms with van der Waals surface area (Å²) in [6.07, 6.45) is 14.3. The first kappa shape index (κ1) is 61.5. The number of unbranched alkanes of at least 4 members (excludes halogenated alkanes) is 7. The van der Waals surface area contributed by atoms with Gasteiger partial charge >= 0.3 is 13.3 Å². The van der Waals surface area contributed by atoms with Crippen LogP contribution in [0.15, 0.2) is 42.5 Å². The van der Waals surface area contributed by atoms with Crippen molar-refractivity contribution in [2.75, 3.05) is 6.54 Å². The van der Waals surface area contributed by atoms with Crippen molar-refractivity contribution >= 4 is 82.2 Å². The number of rotatable bonds is 23. The number of nitrogens with one attached hydrogen (secondary N) is 5. The second kappa shape index (κ2) is 27.7. The average molecular weight is 1180 g/mol. The molecule has 1 saturated carbocycles. The molecule has 1 unspecified atom stereocenters. The average Bonchev–Trinajstić information content (AvgIpc) is 4.27. The van der Waals surface area contributed by atoms with Crippen LogP contribution in [0.1, 0.15) is 184 Å². The fourth-order valence-electron chi connectivity index (χ4n) is 12.0. The van der Waals surface area contributed by atoms with Crippen molar-refractivity contribution in [3.8, 4) is 11.8 Å². The summed E-state index contributed by atoms with van der Waals surface area (Å²) in [6.45, 7) is 0.673. The molecule has 1 aliphatic carbocycles. The number of hydrogen-bond acceptors (Lipinski definition) is 11. The zero-order valence-corrected chi connectivity index (χ0v) is 47.5. The molecule has 24 heteroatoms. The molecule has 20 nitrogen and oxygen atoms in total. The number of nitrogens with zero attached hydrogens (tertiary/aromatic N) is 2. The molecule has 82 heavy (non-hydrogen) atoms. The van der Waals surface area contributed by atoms with Crippen molar-refractivity contribution in [1.82, 2.24) is 36.4 Å². The van der Waals surface area contributed by atoms with E-state index in [9.17, 15) is 66.3 Å². The summed E-state index contributed by atoms with van der Waals surface area (Å²) in [7, 11) is -5.84. The Labute approximate surface area is 478 Å². The van der Waals surface area contributed by atoms with E-state index < -0.39 is 84.5 Å². The Morgan fingerprint density at radius 1 is 0.841 bits per heavy atom. The molecule has 1 aromatic heterocycles. The Balaban J connectivity index is 0.801. The van der Waals surface area contributed by atoms with Crippen LogP contribution in [0.2, 0.25) is 0 Å². The molecule has 0 radical (unpaired) electrons. The van der Waals surface area contributed by atoms with Crippen LogP contribution in [0.25, 0.3) is 10.1 Å². The Morgan fingerprint density at radius 3 is 2.29 bits per heavy atom. The minimum atomic E-state index is -5.84. The lowest BCUT2D eigenvalue weighted by Gasteiger charge is -2.36. The van der Waals surface area contributed by atoms with Crippen LogP contribution < -0.4 is 32.3 Å². The molecule has 4 fully saturated rings. The second-order valence-corrected chi connectivity index (χ2v) is 25.0. The van der Waals surface area contributed by atoms with E-state index in [4.69, 9.17) is 5.73 Å². The number of fused-ring (bicyclic) bond motifs is 3. The van der Waals surface area contributed by atoms with Gasteiger partial charge in [0.1, 0.15) is 30.2 Å². The summed E-state index contributed by atoms with van der Waals surface area (Å²) in [5.41, 5.74) is 2.25. The van der Waals surface area contributed by atoms with E-state index in [-0.39, 0.29) is 78.6 Å². The maximum atomic E-state index is 14.5. The maximum absolute atomic E-state index is 14.5. The Bertz CT molecular complexity index is 3040. The number of carbonyl (C=O) groups excluding carboxylic acids is 9. The number of alkyl halides is 2. The van der Waals surface area contributed by atoms with Crippen LogP contribution in [0.3, 0.4) is 0 Å². The molecule has 8 rings (SSSR count). The van der Waals surface area contributed by atoms with Crippen LogP contribution in [-0.4, -0.2) is 116 Å². The van der Waals surface area contributed by atoms with Crippen LogP contribution in [0.5, 0.6) is 0 Å². The number of nitrogens with two attached hydrogens (primary N) is 1. The molecule has 3 aromatic rings. The number of halogens is 2. The molecule has 4 aliphatic heterocycles. The largest absolute Gasteiger partial charge is 0.399 e. The van der Waals surface area contributed by atoms with E-state index in [2.05, 4.69) is 38.4 Å². The van der Waals surface area contributed by atoms with Gasteiger partial charge < -0.3 is 46.6 Å². The molecule has 6 atom stereocenters. The summed E-state index contributed by atoms with van der Waals surface area (Å²) < 4.78 is 40.9. The molecule has 442 valence electrons. The Morgan fingerprint density at radius 2 is 1.56 bits per heavy atom. The highest BCUT2D eigenvalue weighted by Gasteiger charge is 2.51. The predicted octanol–water partition coefficient (Wildman–Crippen LogP) is 6.03. The monoisotopic (exact) mass is 1170 g/mol. The number of amides is 9. The third-order valence-electron chi connectivity index (χ3n) is 16.5. The topological polar surface area (TPSA) is 304 Å². The van der Waals surface area contributed by atoms with E-state index >= 15 is 0 Å². The minimum Gasteiger partial charge on any atom is -0.370 e. The van der Waals surface area contributed by atoms with Gasteiger partial charge in [-0.05, 0) is 111 Å². The van der Waals surface area contributed by atoms with Crippen molar-refractivity contribution < 1.29 is 66.3 Å². The van der Waals surface area contributed by atoms with Crippen molar-refractivity contribution in [1.29, 1.82) is 0 Å². The number of piperidine rings is 1. The first-order valence-electron chi connectivity index (χ1n) is 28.7. The normalized spacial score (nSPS) is 21.3. The number of carbonyl (C=O) groups is 9. The first-order chi connectivity index (χ1) is 39.2. The van der Waals surface area contributed by atoms with Gasteiger partial charge in [-0.15, -0.1) is 11.3 Å². The molecule has 2 aromatic carbocycles. The van der Waals surface area contributed by atoms with Gasteiger partial charge in [-0.2, -0.15) is 8.78 Å². The minimum absolute atomic E-state index is 0.0655. The van der Waals surface area contributed by atoms with Crippen LogP contribution >= 0.6 is 18.9 Å². The molecule has 5 heterocycles. The van der Waals surface area contributed by atoms with E-state index in [1.165, 1.54) is 21.9 Å². The third kappa shape index (κ3) is 15.0. The van der Waals surface area contributed by atoms with Crippen molar-refractivity contribution in [2.24, 2.45) is 11.7 Å². The molecule has 0 spiro atoms. The quantitative estimate of drug-likeness (QED) is 0.0234. The molecule has 9 amide bonds. The van der Waals surface area contributed by atoms with Gasteiger partial charge in [-0.25, -0.2) is 0 Å². The molecular weight excluding hydrogens is 1100 g/mol. The Kier molecular flexibility index (Phi) is 20.7. The molecule has 9 N–H and O–H groups in total. The Hall–Kier alpha value is -6.60. The first-order valence-corrected chi connectivity index (χ1v) is 31.2. The third-order valence-corrected chi connectivity index (χ3v) is 18.6. The van der Waals surface area contributed by atoms with Gasteiger partial charge in [0.05, 0.1) is 4.88 Å². The summed E-state index contributed by atoms with van der Waals surface area (Å²) in [4.78, 5) is 141. The van der Waals surface area contributed by atoms with Crippen molar-refractivity contribution in [2.45, 2.75) is 196 Å². The van der Waals surface area contributed by atoms with Gasteiger partial charge in [0.15, 0.2) is 0 Å². The maximum Gasteiger partial charge on any atom is 0.399 e. The second-order valence-electron chi connectivity index (χ2n) is 22.3. The standard InChI is InChI=1S/C58H73F2N8O12PS/c59-58(60,81(78,79)80)38-23-28-46-37(32-38)33-47(82-46)54(74)64-43-22-13-12-20-39-24-26-45(68(39)57(43)77)53(73)63-42(25-29-48(61)69)51(71)66-50(36-17-10-8-11-18-36)55(75)62-31-14-7-5-3-1-2-4-6-9-16-35-19-15-21-40-41(35)34-67(56(40)76)44-27-30-49(70)65-52(44)72/h15,19,21,23,28,32-33,36,39,42-45,50H,1-8,10-14,17-18,20,22,24-27,29-31,34H2,(H2,61,69)(H,62,75)(H,63,73)(H,64,74)(H,66,71)(H,65,70,72)(H2,78,79,80)/t39-,42-,43-,44?,45-,50-/m0/s1. The highest BCUT2D eigenvalue weighted by molar-refractivity contribution is 7.52. The highest BCUT2D eigenvalue weighted by Crippen LogP contribution is 2.59. The van der Waals surface area contributed by atoms with Crippen molar-refractivity contribution in [3.05, 3.63) is 69.6 Å². The van der Waals surface area contributed by atoms with E-state index in [0.717, 1.165) is 98.8 Å². The van der Waals surface area contributed by atoms with Gasteiger partial charge in [0.25, 0.3) is 11.8 Å². The zero-order valence-electron chi connectivity index (χ0n) is 45.8. The predicted molar refractivity (Wildman–Crippen MR) is 299 cm³/mol. The molecule has 3 saturated heterocycles. The van der Waals surface area contributed by atoms with Gasteiger partial charge in [-0.1, -0.05) is 88.2 Å². The zero-order chi connectivity index (χ0) is 58.7. The smallest absolute Gasteiger partial charge is 0.370 e. The summed E-state index contributed by atoms with van der Waals surface area (Å²) in [5.74, 6) is 1.76. The number of hydrogen-bond donors (Lipinski definition) is 8. The molecule has 5 aliphatic rings. The lowest BCUT2D eigenvalue weighted by Crippen LogP contribution is -2.60. The van der Waals surface area contributed by atoms with Gasteiger partial charge in [0, 0.05) is 59.8 Å². The number of thiophene rings is 1. The van der Waals surface area contributed by atoms with E-state index in [1.807, 2.05) is 6.07 Å². The lowest BCUT2D eigenvalue weighted by molar-refractivity contribution is -0.143. The van der Waals surface area contributed by atoms with Gasteiger partial charge in [0.2, 0.25) is 41.4 Å². The fourth-order valence-corrected chi connectivity index (χ4v) is 13.4. The summed E-state index contributed by atoms with van der Waals surface area (Å²) in [6, 6.07) is 4.43. The van der Waals surface area contributed by atoms with Crippen molar-refractivity contribution in [3.63, 3.8) is 0 Å². The number of benzene rings is 2. The highest BCUT2D eigenvalue weighted by atomic mass is 32.1. The SMILES string of the molecule is NC(=O)CC[C@H](NC(=O)[C@@H]1CC[C@@H]2CCCC[C@H](NC(=O)c3cc4cc(C(F)(F)P(=O)(O)O)ccc4s3)C(=O)N21)C(=O)N[C@H](C(=O)NCCCCCCCCCC#Cc1cccc2c1CN(C1CCC(=O)NC1=O)C2=O)C1CCCCC1.